The van der Waals surface area contributed by atoms with Crippen molar-refractivity contribution in [2.45, 2.75) is 12.8 Å². The Hall–Kier alpha value is -2.35. The summed E-state index contributed by atoms with van der Waals surface area (Å²) in [5.74, 6) is 0.0569. The molecular weight excluding hydrogens is 418 g/mol. The molecule has 0 atom stereocenters. The highest BCUT2D eigenvalue weighted by Gasteiger charge is 2.31. The molecule has 144 valence electrons. The summed E-state index contributed by atoms with van der Waals surface area (Å²) in [6.07, 6.45) is 2.08. The van der Waals surface area contributed by atoms with Gasteiger partial charge in [0.1, 0.15) is 15.8 Å². The van der Waals surface area contributed by atoms with Crippen LogP contribution >= 0.6 is 35.6 Å². The van der Waals surface area contributed by atoms with Gasteiger partial charge in [-0.1, -0.05) is 59.8 Å². The quantitative estimate of drug-likeness (QED) is 0.478. The minimum atomic E-state index is -0.895. The van der Waals surface area contributed by atoms with E-state index in [1.807, 2.05) is 18.2 Å². The number of carbonyl (C=O) groups is 2. The number of ether oxygens (including phenoxy) is 1. The van der Waals surface area contributed by atoms with Crippen molar-refractivity contribution >= 4 is 57.9 Å². The number of carbonyl (C=O) groups excluding carboxylic acids is 1. The molecule has 3 rings (SSSR count). The zero-order valence-corrected chi connectivity index (χ0v) is 17.0. The minimum absolute atomic E-state index is 0.00752. The monoisotopic (exact) mass is 433 g/mol. The fourth-order valence-electron chi connectivity index (χ4n) is 2.57. The predicted molar refractivity (Wildman–Crippen MR) is 115 cm³/mol. The fraction of sp³-hybridized carbons (Fsp3) is 0.150. The van der Waals surface area contributed by atoms with Crippen LogP contribution in [0, 0.1) is 0 Å². The Labute approximate surface area is 176 Å². The summed E-state index contributed by atoms with van der Waals surface area (Å²) in [7, 11) is 0. The molecule has 0 unspecified atom stereocenters. The lowest BCUT2D eigenvalue weighted by Crippen LogP contribution is -2.29. The van der Waals surface area contributed by atoms with Gasteiger partial charge >= 0.3 is 5.97 Å². The number of rotatable bonds is 7. The van der Waals surface area contributed by atoms with Gasteiger partial charge in [-0.05, 0) is 36.8 Å². The molecule has 0 spiro atoms. The van der Waals surface area contributed by atoms with Crippen LogP contribution in [-0.4, -0.2) is 32.7 Å². The number of nitrogens with zero attached hydrogens (tertiary/aromatic N) is 1. The van der Waals surface area contributed by atoms with Gasteiger partial charge in [0.25, 0.3) is 5.91 Å². The summed E-state index contributed by atoms with van der Waals surface area (Å²) in [4.78, 5) is 25.2. The standard InChI is InChI=1S/C20H16ClNO4S2/c21-14-6-3-7-15(12-14)26-16-8-2-1-5-13(16)11-17-19(25)22(20(27)28-17)10-4-9-18(23)24/h1-3,5-8,11-12H,4,9-10H2,(H,23,24). The van der Waals surface area contributed by atoms with Crippen molar-refractivity contribution in [1.82, 2.24) is 4.90 Å². The normalized spacial score (nSPS) is 15.3. The van der Waals surface area contributed by atoms with E-state index in [2.05, 4.69) is 0 Å². The lowest BCUT2D eigenvalue weighted by atomic mass is 10.2. The number of aliphatic carboxylic acids is 1. The zero-order chi connectivity index (χ0) is 20.1. The Bertz CT molecular complexity index is 961. The topological polar surface area (TPSA) is 66.8 Å². The van der Waals surface area contributed by atoms with Crippen molar-refractivity contribution in [3.8, 4) is 11.5 Å². The first kappa shape index (κ1) is 20.4. The molecule has 0 radical (unpaired) electrons. The third-order valence-corrected chi connectivity index (χ3v) is 5.49. The Morgan fingerprint density at radius 2 is 2.04 bits per heavy atom. The first-order valence-corrected chi connectivity index (χ1v) is 10.0. The second kappa shape index (κ2) is 9.23. The molecule has 1 heterocycles. The molecule has 1 saturated heterocycles. The molecule has 1 fully saturated rings. The van der Waals surface area contributed by atoms with E-state index >= 15 is 0 Å². The van der Waals surface area contributed by atoms with E-state index in [1.54, 1.807) is 36.4 Å². The van der Waals surface area contributed by atoms with E-state index in [-0.39, 0.29) is 18.9 Å². The summed E-state index contributed by atoms with van der Waals surface area (Å²) in [6, 6.07) is 14.4. The van der Waals surface area contributed by atoms with Crippen LogP contribution < -0.4 is 4.74 Å². The second-order valence-electron chi connectivity index (χ2n) is 5.93. The van der Waals surface area contributed by atoms with Crippen molar-refractivity contribution < 1.29 is 19.4 Å². The second-order valence-corrected chi connectivity index (χ2v) is 8.04. The van der Waals surface area contributed by atoms with Crippen molar-refractivity contribution in [3.05, 3.63) is 64.0 Å². The summed E-state index contributed by atoms with van der Waals surface area (Å²) in [6.45, 7) is 0.287. The number of para-hydroxylation sites is 1. The third kappa shape index (κ3) is 5.13. The summed E-state index contributed by atoms with van der Waals surface area (Å²) >= 11 is 12.5. The molecule has 1 N–H and O–H groups in total. The molecule has 0 saturated carbocycles. The van der Waals surface area contributed by atoms with Crippen LogP contribution in [0.2, 0.25) is 5.02 Å². The summed E-state index contributed by atoms with van der Waals surface area (Å²) in [5.41, 5.74) is 0.730. The van der Waals surface area contributed by atoms with Crippen LogP contribution in [0.25, 0.3) is 6.08 Å². The molecule has 0 aromatic heterocycles. The number of carboxylic acid groups (broad SMARTS) is 1. The van der Waals surface area contributed by atoms with Gasteiger partial charge < -0.3 is 9.84 Å². The van der Waals surface area contributed by atoms with Gasteiger partial charge in [-0.15, -0.1) is 0 Å². The van der Waals surface area contributed by atoms with Gasteiger partial charge in [0.15, 0.2) is 0 Å². The van der Waals surface area contributed by atoms with Crippen LogP contribution in [0.3, 0.4) is 0 Å². The molecule has 1 aliphatic heterocycles. The Morgan fingerprint density at radius 1 is 1.25 bits per heavy atom. The number of thiocarbonyl (C=S) groups is 1. The van der Waals surface area contributed by atoms with Gasteiger partial charge in [-0.2, -0.15) is 0 Å². The number of thioether (sulfide) groups is 1. The highest BCUT2D eigenvalue weighted by Crippen LogP contribution is 2.35. The van der Waals surface area contributed by atoms with E-state index in [0.29, 0.717) is 32.2 Å². The molecule has 0 aliphatic carbocycles. The van der Waals surface area contributed by atoms with Crippen LogP contribution in [0.1, 0.15) is 18.4 Å². The number of benzene rings is 2. The third-order valence-electron chi connectivity index (χ3n) is 3.88. The van der Waals surface area contributed by atoms with Gasteiger partial charge in [0, 0.05) is 23.6 Å². The first-order chi connectivity index (χ1) is 13.4. The predicted octanol–water partition coefficient (Wildman–Crippen LogP) is 5.20. The number of amides is 1. The number of halogens is 1. The van der Waals surface area contributed by atoms with Gasteiger partial charge in [-0.3, -0.25) is 14.5 Å². The number of hydrogen-bond acceptors (Lipinski definition) is 5. The number of carboxylic acids is 1. The maximum absolute atomic E-state index is 12.7. The number of hydrogen-bond donors (Lipinski definition) is 1. The van der Waals surface area contributed by atoms with Gasteiger partial charge in [-0.25, -0.2) is 0 Å². The lowest BCUT2D eigenvalue weighted by Gasteiger charge is -2.13. The average Bonchev–Trinajstić information content (AvgIpc) is 2.90. The largest absolute Gasteiger partial charge is 0.481 e. The molecule has 2 aromatic carbocycles. The van der Waals surface area contributed by atoms with Crippen molar-refractivity contribution in [2.75, 3.05) is 6.54 Å². The molecule has 2 aromatic rings. The van der Waals surface area contributed by atoms with Crippen molar-refractivity contribution in [1.29, 1.82) is 0 Å². The zero-order valence-electron chi connectivity index (χ0n) is 14.6. The van der Waals surface area contributed by atoms with E-state index in [0.717, 1.165) is 5.56 Å². The molecule has 28 heavy (non-hydrogen) atoms. The van der Waals surface area contributed by atoms with E-state index in [9.17, 15) is 9.59 Å². The summed E-state index contributed by atoms with van der Waals surface area (Å²) in [5, 5.41) is 9.33. The van der Waals surface area contributed by atoms with E-state index in [1.165, 1.54) is 16.7 Å². The molecule has 8 heteroatoms. The maximum atomic E-state index is 12.7. The van der Waals surface area contributed by atoms with Gasteiger partial charge in [0.05, 0.1) is 4.91 Å². The Balaban J connectivity index is 1.79. The first-order valence-electron chi connectivity index (χ1n) is 8.43. The van der Waals surface area contributed by atoms with E-state index in [4.69, 9.17) is 33.7 Å². The van der Waals surface area contributed by atoms with E-state index < -0.39 is 5.97 Å². The smallest absolute Gasteiger partial charge is 0.303 e. The molecule has 1 amide bonds. The maximum Gasteiger partial charge on any atom is 0.303 e. The highest BCUT2D eigenvalue weighted by molar-refractivity contribution is 8.26. The van der Waals surface area contributed by atoms with Crippen LogP contribution in [0.15, 0.2) is 53.4 Å². The van der Waals surface area contributed by atoms with Crippen LogP contribution in [0.4, 0.5) is 0 Å². The van der Waals surface area contributed by atoms with Crippen molar-refractivity contribution in [3.63, 3.8) is 0 Å². The average molecular weight is 434 g/mol. The molecule has 1 aliphatic rings. The van der Waals surface area contributed by atoms with Crippen LogP contribution in [0.5, 0.6) is 11.5 Å². The fourth-order valence-corrected chi connectivity index (χ4v) is 4.05. The minimum Gasteiger partial charge on any atom is -0.481 e. The SMILES string of the molecule is O=C(O)CCCN1C(=O)C(=Cc2ccccc2Oc2cccc(Cl)c2)SC1=S. The molecule has 5 nitrogen and oxygen atoms in total. The Kier molecular flexibility index (Phi) is 6.72. The Morgan fingerprint density at radius 3 is 2.79 bits per heavy atom. The summed E-state index contributed by atoms with van der Waals surface area (Å²) < 4.78 is 6.35. The lowest BCUT2D eigenvalue weighted by molar-refractivity contribution is -0.137. The van der Waals surface area contributed by atoms with Gasteiger partial charge in [0.2, 0.25) is 0 Å². The molecule has 0 bridgehead atoms. The van der Waals surface area contributed by atoms with Crippen molar-refractivity contribution in [2.24, 2.45) is 0 Å². The van der Waals surface area contributed by atoms with Crippen LogP contribution in [-0.2, 0) is 9.59 Å². The highest BCUT2D eigenvalue weighted by atomic mass is 35.5. The molecular formula is C20H16ClNO4S2.